The van der Waals surface area contributed by atoms with Crippen LogP contribution in [0.2, 0.25) is 0 Å². The molecule has 2 aliphatic heterocycles. The van der Waals surface area contributed by atoms with E-state index in [9.17, 15) is 32.0 Å². The summed E-state index contributed by atoms with van der Waals surface area (Å²) in [5.41, 5.74) is -2.27. The number of alkyl halides is 1. The van der Waals surface area contributed by atoms with E-state index in [-0.39, 0.29) is 71.4 Å². The zero-order chi connectivity index (χ0) is 42.6. The standard InChI is InChI=1S/C46H71FN4O7S/c1-42(2,3)33(27-36(52)38(31-15-8-6-9-16-31)48-39(54)34-17-10-13-25-50(34)26-24-47)40(55)51-30-46(43(4,5)45(46)22-14-23-45)28-35(51)37(53)29-44(20-11-7-12-21-44)41(56)49-59(57,58)32-18-19-32/h7,11,31-35,38H,6,8-10,12-30H2,1-5H3,(H,48,54)(H,49,56)/t33-,34?,35+,38+,44+,46-/m1/s1. The van der Waals surface area contributed by atoms with Crippen molar-refractivity contribution in [3.63, 3.8) is 0 Å². The van der Waals surface area contributed by atoms with Crippen LogP contribution in [0.25, 0.3) is 0 Å². The molecule has 4 saturated carbocycles. The average molecular weight is 843 g/mol. The van der Waals surface area contributed by atoms with E-state index in [1.165, 1.54) is 0 Å². The van der Waals surface area contributed by atoms with Crippen LogP contribution in [-0.2, 0) is 34.0 Å². The lowest BCUT2D eigenvalue weighted by molar-refractivity contribution is -0.147. The molecule has 2 saturated heterocycles. The fourth-order valence-corrected chi connectivity index (χ4v) is 14.1. The van der Waals surface area contributed by atoms with E-state index in [2.05, 4.69) is 23.9 Å². The van der Waals surface area contributed by atoms with Gasteiger partial charge in [-0.25, -0.2) is 12.8 Å². The molecule has 0 aromatic carbocycles. The topological polar surface area (TPSA) is 150 Å². The Bertz CT molecular complexity index is 1790. The number of piperidine rings is 1. The minimum Gasteiger partial charge on any atom is -0.345 e. The van der Waals surface area contributed by atoms with Crippen molar-refractivity contribution in [3.8, 4) is 0 Å². The highest BCUT2D eigenvalue weighted by molar-refractivity contribution is 7.90. The summed E-state index contributed by atoms with van der Waals surface area (Å²) in [6.45, 7) is 11.1. The number of nitrogens with zero attached hydrogens (tertiary/aromatic N) is 2. The average Bonchev–Trinajstić information content (AvgIpc) is 4.05. The molecule has 7 aliphatic rings. The van der Waals surface area contributed by atoms with Gasteiger partial charge in [-0.2, -0.15) is 0 Å². The van der Waals surface area contributed by atoms with Crippen LogP contribution in [0.5, 0.6) is 0 Å². The van der Waals surface area contributed by atoms with Gasteiger partial charge in [0, 0.05) is 37.3 Å². The number of hydrogen-bond acceptors (Lipinski definition) is 8. The lowest BCUT2D eigenvalue weighted by Crippen LogP contribution is -2.56. The molecule has 6 atom stereocenters. The van der Waals surface area contributed by atoms with Gasteiger partial charge in [0.25, 0.3) is 0 Å². The number of amides is 3. The van der Waals surface area contributed by atoms with E-state index >= 15 is 4.79 Å². The van der Waals surface area contributed by atoms with Crippen molar-refractivity contribution in [2.75, 3.05) is 26.3 Å². The number of carbonyl (C=O) groups is 5. The molecule has 13 heteroatoms. The van der Waals surface area contributed by atoms with E-state index in [4.69, 9.17) is 0 Å². The summed E-state index contributed by atoms with van der Waals surface area (Å²) in [5, 5.41) is 2.59. The Morgan fingerprint density at radius 2 is 1.56 bits per heavy atom. The fourth-order valence-electron chi connectivity index (χ4n) is 12.7. The SMILES string of the molecule is CC(C)(C)[C@H](CC(=O)[C@@H](NC(=O)C1CCCCN1CCF)C1CCCCC1)C(=O)N1C[C@]2(C[C@H]1C(=O)C[C@]1(C(=O)NS(=O)(=O)C3CC3)CC=CCC1)C(C)(C)C21CCC1. The van der Waals surface area contributed by atoms with Crippen LogP contribution in [0.3, 0.4) is 0 Å². The first-order valence-corrected chi connectivity index (χ1v) is 24.6. The molecule has 2 spiro atoms. The van der Waals surface area contributed by atoms with Crippen molar-refractivity contribution in [3.05, 3.63) is 12.2 Å². The summed E-state index contributed by atoms with van der Waals surface area (Å²) >= 11 is 0. The molecule has 6 fully saturated rings. The molecule has 0 bridgehead atoms. The Morgan fingerprint density at radius 1 is 0.864 bits per heavy atom. The van der Waals surface area contributed by atoms with Gasteiger partial charge in [0.1, 0.15) is 6.67 Å². The summed E-state index contributed by atoms with van der Waals surface area (Å²) in [6, 6.07) is -2.06. The third-order valence-corrected chi connectivity index (χ3v) is 18.7. The minimum atomic E-state index is -3.84. The van der Waals surface area contributed by atoms with Crippen LogP contribution >= 0.6 is 0 Å². The Labute approximate surface area is 352 Å². The lowest BCUT2D eigenvalue weighted by atomic mass is 9.71. The molecule has 0 radical (unpaired) electrons. The molecular formula is C46H71FN4O7S. The van der Waals surface area contributed by atoms with Crippen LogP contribution < -0.4 is 10.0 Å². The molecule has 5 aliphatic carbocycles. The summed E-state index contributed by atoms with van der Waals surface area (Å²) in [6.07, 6.45) is 16.3. The number of sulfonamides is 1. The number of allylic oxidation sites excluding steroid dienone is 2. The highest BCUT2D eigenvalue weighted by Gasteiger charge is 2.85. The van der Waals surface area contributed by atoms with Gasteiger partial charge in [-0.05, 0) is 106 Å². The maximum Gasteiger partial charge on any atom is 0.240 e. The summed E-state index contributed by atoms with van der Waals surface area (Å²) < 4.78 is 41.8. The zero-order valence-electron chi connectivity index (χ0n) is 36.4. The number of likely N-dealkylation sites (tertiary alicyclic amines) is 2. The molecule has 7 rings (SSSR count). The maximum absolute atomic E-state index is 15.4. The molecule has 2 N–H and O–H groups in total. The third kappa shape index (κ3) is 8.11. The van der Waals surface area contributed by atoms with Crippen molar-refractivity contribution in [2.24, 2.45) is 38.9 Å². The Kier molecular flexibility index (Phi) is 12.5. The van der Waals surface area contributed by atoms with E-state index in [0.29, 0.717) is 51.6 Å². The highest BCUT2D eigenvalue weighted by Crippen LogP contribution is 2.88. The van der Waals surface area contributed by atoms with Crippen LogP contribution in [-0.4, -0.2) is 97.2 Å². The zero-order valence-corrected chi connectivity index (χ0v) is 37.2. The molecule has 330 valence electrons. The van der Waals surface area contributed by atoms with Gasteiger partial charge in [0.05, 0.1) is 28.8 Å². The van der Waals surface area contributed by atoms with Gasteiger partial charge in [0.15, 0.2) is 11.6 Å². The van der Waals surface area contributed by atoms with Crippen molar-refractivity contribution in [2.45, 2.75) is 180 Å². The second kappa shape index (κ2) is 16.6. The number of rotatable bonds is 15. The van der Waals surface area contributed by atoms with E-state index in [1.54, 1.807) is 4.90 Å². The molecule has 1 unspecified atom stereocenters. The summed E-state index contributed by atoms with van der Waals surface area (Å²) in [4.78, 5) is 76.7. The molecule has 3 amide bonds. The Hall–Kier alpha value is -2.67. The minimum absolute atomic E-state index is 0.0209. The van der Waals surface area contributed by atoms with Crippen LogP contribution in [0, 0.1) is 38.9 Å². The molecule has 59 heavy (non-hydrogen) atoms. The Balaban J connectivity index is 1.16. The smallest absolute Gasteiger partial charge is 0.240 e. The normalized spacial score (nSPS) is 31.7. The number of Topliss-reactive ketones (excluding diaryl/α,β-unsaturated/α-hetero) is 2. The fraction of sp³-hybridized carbons (Fsp3) is 0.848. The predicted molar refractivity (Wildman–Crippen MR) is 224 cm³/mol. The quantitative estimate of drug-likeness (QED) is 0.176. The van der Waals surface area contributed by atoms with E-state index in [1.807, 2.05) is 37.8 Å². The number of hydrogen-bond donors (Lipinski definition) is 2. The second-order valence-electron chi connectivity index (χ2n) is 21.4. The van der Waals surface area contributed by atoms with Gasteiger partial charge in [0.2, 0.25) is 27.7 Å². The first-order chi connectivity index (χ1) is 27.8. The summed E-state index contributed by atoms with van der Waals surface area (Å²) in [7, 11) is -3.84. The van der Waals surface area contributed by atoms with E-state index < -0.39 is 62.7 Å². The van der Waals surface area contributed by atoms with Gasteiger partial charge < -0.3 is 10.2 Å². The molecule has 11 nitrogen and oxygen atoms in total. The second-order valence-corrected chi connectivity index (χ2v) is 23.3. The largest absolute Gasteiger partial charge is 0.345 e. The molecular weight excluding hydrogens is 772 g/mol. The lowest BCUT2D eigenvalue weighted by Gasteiger charge is -2.39. The maximum atomic E-state index is 15.4. The van der Waals surface area contributed by atoms with Crippen LogP contribution in [0.15, 0.2) is 12.2 Å². The highest BCUT2D eigenvalue weighted by atomic mass is 32.2. The summed E-state index contributed by atoms with van der Waals surface area (Å²) in [5.74, 6) is -2.35. The predicted octanol–water partition coefficient (Wildman–Crippen LogP) is 6.59. The first kappa shape index (κ1) is 44.4. The van der Waals surface area contributed by atoms with Crippen molar-refractivity contribution < 1.29 is 36.8 Å². The van der Waals surface area contributed by atoms with Crippen LogP contribution in [0.1, 0.15) is 157 Å². The van der Waals surface area contributed by atoms with Crippen molar-refractivity contribution >= 4 is 39.3 Å². The van der Waals surface area contributed by atoms with Gasteiger partial charge in [-0.3, -0.25) is 33.6 Å². The van der Waals surface area contributed by atoms with E-state index in [0.717, 1.165) is 64.2 Å². The number of halogens is 1. The monoisotopic (exact) mass is 843 g/mol. The Morgan fingerprint density at radius 3 is 2.14 bits per heavy atom. The molecule has 0 aromatic heterocycles. The van der Waals surface area contributed by atoms with Gasteiger partial charge in [-0.15, -0.1) is 0 Å². The number of carbonyl (C=O) groups excluding carboxylic acids is 5. The van der Waals surface area contributed by atoms with Crippen molar-refractivity contribution in [1.82, 2.24) is 19.8 Å². The number of nitrogens with one attached hydrogen (secondary N) is 2. The third-order valence-electron chi connectivity index (χ3n) is 16.9. The van der Waals surface area contributed by atoms with Gasteiger partial charge >= 0.3 is 0 Å². The molecule has 2 heterocycles. The van der Waals surface area contributed by atoms with Crippen LogP contribution in [0.4, 0.5) is 4.39 Å². The molecule has 0 aromatic rings. The number of ketones is 2. The number of fused-ring (bicyclic) bond motifs is 1. The van der Waals surface area contributed by atoms with Gasteiger partial charge in [-0.1, -0.05) is 78.9 Å². The first-order valence-electron chi connectivity index (χ1n) is 23.0. The van der Waals surface area contributed by atoms with Crippen molar-refractivity contribution in [1.29, 1.82) is 0 Å².